The van der Waals surface area contributed by atoms with E-state index in [9.17, 15) is 19.8 Å². The maximum atomic E-state index is 11.3. The van der Waals surface area contributed by atoms with E-state index in [1.54, 1.807) is 27.7 Å². The summed E-state index contributed by atoms with van der Waals surface area (Å²) in [5.41, 5.74) is -1.36. The number of aliphatic carboxylic acids is 2. The summed E-state index contributed by atoms with van der Waals surface area (Å²) in [6, 6.07) is 0. The largest absolute Gasteiger partial charge is 0.545 e. The normalized spacial score (nSPS) is 15.9. The summed E-state index contributed by atoms with van der Waals surface area (Å²) in [5, 5.41) is 22.6. The molecule has 0 aromatic carbocycles. The molecule has 0 aromatic heterocycles. The van der Waals surface area contributed by atoms with E-state index in [0.717, 1.165) is 0 Å². The third-order valence-corrected chi connectivity index (χ3v) is 6.06. The number of hydrogen-bond donors (Lipinski definition) is 0. The van der Waals surface area contributed by atoms with E-state index >= 15 is 0 Å². The van der Waals surface area contributed by atoms with Gasteiger partial charge in [0.25, 0.3) is 0 Å². The van der Waals surface area contributed by atoms with Crippen LogP contribution in [0.4, 0.5) is 0 Å². The SMILES string of the molecule is CC(/C(C(=O)[O-])=C(\C(=O)[O-])C(C)(C)C)[Si](C)(C)C. The predicted molar refractivity (Wildman–Crippen MR) is 69.3 cm³/mol. The Hall–Kier alpha value is -1.10. The molecule has 1 unspecified atom stereocenters. The third kappa shape index (κ3) is 3.98. The van der Waals surface area contributed by atoms with Gasteiger partial charge < -0.3 is 19.8 Å². The van der Waals surface area contributed by atoms with Crippen molar-refractivity contribution < 1.29 is 19.8 Å². The van der Waals surface area contributed by atoms with Crippen molar-refractivity contribution in [3.8, 4) is 0 Å². The van der Waals surface area contributed by atoms with Crippen molar-refractivity contribution in [3.63, 3.8) is 0 Å². The summed E-state index contributed by atoms with van der Waals surface area (Å²) in [4.78, 5) is 22.6. The van der Waals surface area contributed by atoms with Crippen LogP contribution in [0, 0.1) is 5.41 Å². The third-order valence-electron chi connectivity index (χ3n) is 3.18. The van der Waals surface area contributed by atoms with Crippen LogP contribution in [0.2, 0.25) is 25.2 Å². The zero-order valence-electron chi connectivity index (χ0n) is 12.2. The van der Waals surface area contributed by atoms with Gasteiger partial charge in [0.05, 0.1) is 20.0 Å². The highest BCUT2D eigenvalue weighted by Gasteiger charge is 2.32. The lowest BCUT2D eigenvalue weighted by Crippen LogP contribution is -2.41. The summed E-state index contributed by atoms with van der Waals surface area (Å²) in [7, 11) is -1.84. The van der Waals surface area contributed by atoms with Crippen molar-refractivity contribution >= 4 is 20.0 Å². The van der Waals surface area contributed by atoms with Crippen LogP contribution in [0.1, 0.15) is 27.7 Å². The molecule has 104 valence electrons. The molecular formula is C13H22O4Si-2. The lowest BCUT2D eigenvalue weighted by atomic mass is 9.82. The summed E-state index contributed by atoms with van der Waals surface area (Å²) >= 11 is 0. The van der Waals surface area contributed by atoms with Crippen LogP contribution in [0.3, 0.4) is 0 Å². The lowest BCUT2D eigenvalue weighted by Gasteiger charge is -2.35. The van der Waals surface area contributed by atoms with E-state index in [1.807, 2.05) is 19.6 Å². The molecule has 0 bridgehead atoms. The lowest BCUT2D eigenvalue weighted by molar-refractivity contribution is -0.305. The Bertz CT molecular complexity index is 383. The fourth-order valence-electron chi connectivity index (χ4n) is 1.75. The minimum atomic E-state index is -1.84. The molecule has 0 saturated heterocycles. The van der Waals surface area contributed by atoms with Gasteiger partial charge >= 0.3 is 0 Å². The van der Waals surface area contributed by atoms with Crippen LogP contribution in [-0.4, -0.2) is 20.0 Å². The summed E-state index contributed by atoms with van der Waals surface area (Å²) in [6.07, 6.45) is 0. The van der Waals surface area contributed by atoms with E-state index in [0.29, 0.717) is 0 Å². The molecule has 1 atom stereocenters. The van der Waals surface area contributed by atoms with Gasteiger partial charge in [-0.25, -0.2) is 0 Å². The van der Waals surface area contributed by atoms with Crippen molar-refractivity contribution in [1.82, 2.24) is 0 Å². The number of carbonyl (C=O) groups excluding carboxylic acids is 2. The van der Waals surface area contributed by atoms with Gasteiger partial charge in [-0.05, 0) is 22.1 Å². The molecule has 0 saturated carbocycles. The second-order valence-corrected chi connectivity index (χ2v) is 12.3. The maximum absolute atomic E-state index is 11.3. The van der Waals surface area contributed by atoms with Crippen LogP contribution in [-0.2, 0) is 9.59 Å². The molecule has 0 aliphatic carbocycles. The van der Waals surface area contributed by atoms with Gasteiger partial charge in [0.2, 0.25) is 0 Å². The molecule has 0 rings (SSSR count). The van der Waals surface area contributed by atoms with Crippen molar-refractivity contribution in [1.29, 1.82) is 0 Å². The van der Waals surface area contributed by atoms with Gasteiger partial charge in [-0.3, -0.25) is 0 Å². The van der Waals surface area contributed by atoms with Gasteiger partial charge in [-0.2, -0.15) is 0 Å². The number of carboxylic acids is 2. The Morgan fingerprint density at radius 2 is 1.39 bits per heavy atom. The first kappa shape index (κ1) is 16.9. The Morgan fingerprint density at radius 1 is 1.00 bits per heavy atom. The molecule has 0 aliphatic rings. The second kappa shape index (κ2) is 5.26. The van der Waals surface area contributed by atoms with Gasteiger partial charge in [0, 0.05) is 0 Å². The fourth-order valence-corrected chi connectivity index (χ4v) is 2.88. The highest BCUT2D eigenvalue weighted by atomic mass is 28.3. The fraction of sp³-hybridized carbons (Fsp3) is 0.692. The molecule has 4 nitrogen and oxygen atoms in total. The zero-order chi connectivity index (χ0) is 14.9. The van der Waals surface area contributed by atoms with E-state index in [2.05, 4.69) is 0 Å². The van der Waals surface area contributed by atoms with Crippen molar-refractivity contribution in [2.24, 2.45) is 5.41 Å². The number of carbonyl (C=O) groups is 2. The standard InChI is InChI=1S/C13H24O4Si/c1-8(18(5,6)7)9(11(14)15)10(12(16)17)13(2,3)4/h8H,1-7H3,(H,14,15)(H,16,17)/p-2/b10-9-. The van der Waals surface area contributed by atoms with E-state index in [1.165, 1.54) is 0 Å². The molecule has 0 aromatic rings. The molecule has 0 aliphatic heterocycles. The maximum Gasteiger partial charge on any atom is 0.0683 e. The van der Waals surface area contributed by atoms with E-state index < -0.39 is 25.4 Å². The molecule has 0 N–H and O–H groups in total. The molecule has 0 radical (unpaired) electrons. The van der Waals surface area contributed by atoms with Crippen LogP contribution < -0.4 is 10.2 Å². The molecule has 0 spiro atoms. The Labute approximate surface area is 110 Å². The quantitative estimate of drug-likeness (QED) is 0.552. The summed E-state index contributed by atoms with van der Waals surface area (Å²) in [6.45, 7) is 12.7. The average Bonchev–Trinajstić information content (AvgIpc) is 2.07. The Balaban J connectivity index is 6.14. The smallest absolute Gasteiger partial charge is 0.0683 e. The van der Waals surface area contributed by atoms with Crippen molar-refractivity contribution in [2.45, 2.75) is 52.9 Å². The van der Waals surface area contributed by atoms with Gasteiger partial charge in [-0.1, -0.05) is 47.3 Å². The Kier molecular flexibility index (Phi) is 4.94. The topological polar surface area (TPSA) is 80.3 Å². The highest BCUT2D eigenvalue weighted by molar-refractivity contribution is 6.78. The van der Waals surface area contributed by atoms with Crippen molar-refractivity contribution in [2.75, 3.05) is 0 Å². The monoisotopic (exact) mass is 270 g/mol. The van der Waals surface area contributed by atoms with Gasteiger partial charge in [0.15, 0.2) is 0 Å². The summed E-state index contributed by atoms with van der Waals surface area (Å²) < 4.78 is 0. The zero-order valence-corrected chi connectivity index (χ0v) is 13.2. The van der Waals surface area contributed by atoms with E-state index in [-0.39, 0.29) is 16.7 Å². The molecule has 18 heavy (non-hydrogen) atoms. The van der Waals surface area contributed by atoms with Crippen LogP contribution >= 0.6 is 0 Å². The number of hydrogen-bond acceptors (Lipinski definition) is 4. The molecule has 0 fully saturated rings. The van der Waals surface area contributed by atoms with Crippen LogP contribution in [0.15, 0.2) is 11.1 Å². The number of rotatable bonds is 4. The van der Waals surface area contributed by atoms with Crippen LogP contribution in [0.25, 0.3) is 0 Å². The van der Waals surface area contributed by atoms with E-state index in [4.69, 9.17) is 0 Å². The van der Waals surface area contributed by atoms with Gasteiger partial charge in [0.1, 0.15) is 0 Å². The second-order valence-electron chi connectivity index (χ2n) is 6.70. The predicted octanol–water partition coefficient (Wildman–Crippen LogP) is 0.557. The number of carboxylic acid groups (broad SMARTS) is 2. The first-order chi connectivity index (χ1) is 7.80. The highest BCUT2D eigenvalue weighted by Crippen LogP contribution is 2.37. The molecule has 0 amide bonds. The first-order valence-corrected chi connectivity index (χ1v) is 9.55. The minimum absolute atomic E-state index is 0.110. The average molecular weight is 270 g/mol. The summed E-state index contributed by atoms with van der Waals surface area (Å²) in [5.74, 6) is -2.83. The van der Waals surface area contributed by atoms with Crippen LogP contribution in [0.5, 0.6) is 0 Å². The first-order valence-electron chi connectivity index (χ1n) is 5.97. The molecular weight excluding hydrogens is 248 g/mol. The minimum Gasteiger partial charge on any atom is -0.545 e. The molecule has 5 heteroatoms. The van der Waals surface area contributed by atoms with Gasteiger partial charge in [-0.15, -0.1) is 0 Å². The molecule has 0 heterocycles. The Morgan fingerprint density at radius 3 is 1.56 bits per heavy atom. The van der Waals surface area contributed by atoms with Crippen molar-refractivity contribution in [3.05, 3.63) is 11.1 Å².